The molecule has 0 saturated carbocycles. The number of hydrogen-bond donors (Lipinski definition) is 0. The molecule has 84 valence electrons. The van der Waals surface area contributed by atoms with E-state index in [2.05, 4.69) is 29.8 Å². The summed E-state index contributed by atoms with van der Waals surface area (Å²) in [4.78, 5) is 0. The van der Waals surface area contributed by atoms with Gasteiger partial charge in [0.1, 0.15) is 5.75 Å². The minimum absolute atomic E-state index is 0.661. The largest absolute Gasteiger partial charge is 0.492 e. The molecule has 0 aliphatic carbocycles. The van der Waals surface area contributed by atoms with Gasteiger partial charge in [0.05, 0.1) is 11.6 Å². The highest BCUT2D eigenvalue weighted by molar-refractivity contribution is 9.10. The summed E-state index contributed by atoms with van der Waals surface area (Å²) >= 11 is 9.37. The molecule has 0 N–H and O–H groups in total. The first-order valence-corrected chi connectivity index (χ1v) is 6.34. The third-order valence-electron chi connectivity index (χ3n) is 2.08. The molecule has 0 radical (unpaired) electrons. The maximum absolute atomic E-state index is 6.02. The Hall–Kier alpha value is -0.210. The van der Waals surface area contributed by atoms with Crippen LogP contribution in [-0.4, -0.2) is 6.61 Å². The van der Waals surface area contributed by atoms with Gasteiger partial charge in [0.25, 0.3) is 0 Å². The number of benzene rings is 1. The fourth-order valence-electron chi connectivity index (χ4n) is 1.27. The van der Waals surface area contributed by atoms with Gasteiger partial charge in [-0.25, -0.2) is 0 Å². The quantitative estimate of drug-likeness (QED) is 0.700. The molecular weight excluding hydrogens is 275 g/mol. The van der Waals surface area contributed by atoms with E-state index in [1.54, 1.807) is 0 Å². The van der Waals surface area contributed by atoms with Gasteiger partial charge in [-0.2, -0.15) is 0 Å². The van der Waals surface area contributed by atoms with Gasteiger partial charge in [0.2, 0.25) is 0 Å². The monoisotopic (exact) mass is 290 g/mol. The van der Waals surface area contributed by atoms with Crippen LogP contribution in [-0.2, 0) is 0 Å². The van der Waals surface area contributed by atoms with Crippen molar-refractivity contribution in [2.75, 3.05) is 6.61 Å². The molecule has 0 atom stereocenters. The van der Waals surface area contributed by atoms with Gasteiger partial charge in [-0.3, -0.25) is 0 Å². The van der Waals surface area contributed by atoms with Gasteiger partial charge < -0.3 is 4.74 Å². The van der Waals surface area contributed by atoms with Crippen molar-refractivity contribution in [1.82, 2.24) is 0 Å². The second kappa shape index (κ2) is 6.39. The topological polar surface area (TPSA) is 9.23 Å². The maximum atomic E-state index is 6.02. The molecule has 15 heavy (non-hydrogen) atoms. The summed E-state index contributed by atoms with van der Waals surface area (Å²) in [5, 5.41) is 0.661. The Bertz CT molecular complexity index is 312. The highest BCUT2D eigenvalue weighted by Crippen LogP contribution is 2.27. The van der Waals surface area contributed by atoms with Gasteiger partial charge in [-0.1, -0.05) is 41.4 Å². The first-order chi connectivity index (χ1) is 7.09. The van der Waals surface area contributed by atoms with Crippen molar-refractivity contribution < 1.29 is 4.74 Å². The van der Waals surface area contributed by atoms with Crippen molar-refractivity contribution >= 4 is 27.5 Å². The van der Waals surface area contributed by atoms with Crippen molar-refractivity contribution in [2.45, 2.75) is 26.7 Å². The highest BCUT2D eigenvalue weighted by Gasteiger charge is 2.02. The second-order valence-electron chi connectivity index (χ2n) is 3.96. The van der Waals surface area contributed by atoms with E-state index in [1.165, 1.54) is 6.42 Å². The van der Waals surface area contributed by atoms with Gasteiger partial charge in [-0.05, 0) is 37.0 Å². The predicted octanol–water partition coefficient (Wildman–Crippen LogP) is 4.92. The van der Waals surface area contributed by atoms with Gasteiger partial charge in [-0.15, -0.1) is 0 Å². The molecule has 0 bridgehead atoms. The minimum Gasteiger partial charge on any atom is -0.492 e. The van der Waals surface area contributed by atoms with Crippen LogP contribution < -0.4 is 4.74 Å². The van der Waals surface area contributed by atoms with Gasteiger partial charge >= 0.3 is 0 Å². The summed E-state index contributed by atoms with van der Waals surface area (Å²) in [5.41, 5.74) is 0. The van der Waals surface area contributed by atoms with E-state index in [1.807, 2.05) is 18.2 Å². The van der Waals surface area contributed by atoms with Crippen LogP contribution >= 0.6 is 27.5 Å². The van der Waals surface area contributed by atoms with Crippen LogP contribution in [0, 0.1) is 5.92 Å². The predicted molar refractivity (Wildman–Crippen MR) is 68.7 cm³/mol. The van der Waals surface area contributed by atoms with Crippen LogP contribution in [0.25, 0.3) is 0 Å². The van der Waals surface area contributed by atoms with Crippen LogP contribution in [0.3, 0.4) is 0 Å². The molecular formula is C12H16BrClO. The van der Waals surface area contributed by atoms with Crippen LogP contribution in [0.5, 0.6) is 5.75 Å². The Morgan fingerprint density at radius 2 is 2.13 bits per heavy atom. The standard InChI is InChI=1S/C12H16BrClO/c1-9(2)4-3-7-15-12-6-5-10(13)8-11(12)14/h5-6,8-9H,3-4,7H2,1-2H3. The number of hydrogen-bond acceptors (Lipinski definition) is 1. The Morgan fingerprint density at radius 3 is 2.73 bits per heavy atom. The number of rotatable bonds is 5. The second-order valence-corrected chi connectivity index (χ2v) is 5.28. The van der Waals surface area contributed by atoms with Crippen LogP contribution in [0.2, 0.25) is 5.02 Å². The van der Waals surface area contributed by atoms with E-state index in [9.17, 15) is 0 Å². The first kappa shape index (κ1) is 12.9. The molecule has 0 saturated heterocycles. The summed E-state index contributed by atoms with van der Waals surface area (Å²) in [5.74, 6) is 1.50. The highest BCUT2D eigenvalue weighted by atomic mass is 79.9. The third kappa shape index (κ3) is 4.89. The van der Waals surface area contributed by atoms with E-state index in [-0.39, 0.29) is 0 Å². The smallest absolute Gasteiger partial charge is 0.137 e. The summed E-state index contributed by atoms with van der Waals surface area (Å²) in [6, 6.07) is 5.67. The van der Waals surface area contributed by atoms with Crippen molar-refractivity contribution in [3.8, 4) is 5.75 Å². The summed E-state index contributed by atoms with van der Waals surface area (Å²) in [7, 11) is 0. The van der Waals surface area contributed by atoms with E-state index < -0.39 is 0 Å². The number of ether oxygens (including phenoxy) is 1. The Balaban J connectivity index is 2.37. The molecule has 0 aliphatic rings. The molecule has 1 aromatic rings. The molecule has 1 aromatic carbocycles. The van der Waals surface area contributed by atoms with Crippen molar-refractivity contribution in [3.63, 3.8) is 0 Å². The van der Waals surface area contributed by atoms with E-state index in [0.717, 1.165) is 29.2 Å². The minimum atomic E-state index is 0.661. The van der Waals surface area contributed by atoms with Gasteiger partial charge in [0, 0.05) is 4.47 Å². The Kier molecular flexibility index (Phi) is 5.48. The third-order valence-corrected chi connectivity index (χ3v) is 2.87. The maximum Gasteiger partial charge on any atom is 0.137 e. The zero-order valence-electron chi connectivity index (χ0n) is 9.09. The Labute approximate surface area is 105 Å². The van der Waals surface area contributed by atoms with E-state index in [0.29, 0.717) is 5.02 Å². The normalized spacial score (nSPS) is 10.7. The molecule has 0 aromatic heterocycles. The SMILES string of the molecule is CC(C)CCCOc1ccc(Br)cc1Cl. The summed E-state index contributed by atoms with van der Waals surface area (Å²) in [6.45, 7) is 5.17. The first-order valence-electron chi connectivity index (χ1n) is 5.17. The van der Waals surface area contributed by atoms with Crippen molar-refractivity contribution in [1.29, 1.82) is 0 Å². The zero-order chi connectivity index (χ0) is 11.3. The van der Waals surface area contributed by atoms with Crippen LogP contribution in [0.15, 0.2) is 22.7 Å². The molecule has 0 spiro atoms. The fourth-order valence-corrected chi connectivity index (χ4v) is 1.99. The van der Waals surface area contributed by atoms with E-state index in [4.69, 9.17) is 16.3 Å². The number of halogens is 2. The molecule has 1 nitrogen and oxygen atoms in total. The molecule has 1 rings (SSSR count). The van der Waals surface area contributed by atoms with Gasteiger partial charge in [0.15, 0.2) is 0 Å². The summed E-state index contributed by atoms with van der Waals surface area (Å²) in [6.07, 6.45) is 2.26. The summed E-state index contributed by atoms with van der Waals surface area (Å²) < 4.78 is 6.56. The molecule has 0 unspecified atom stereocenters. The molecule has 0 fully saturated rings. The average Bonchev–Trinajstić information content (AvgIpc) is 2.14. The molecule has 0 aliphatic heterocycles. The van der Waals surface area contributed by atoms with E-state index >= 15 is 0 Å². The van der Waals surface area contributed by atoms with Crippen LogP contribution in [0.1, 0.15) is 26.7 Å². The lowest BCUT2D eigenvalue weighted by molar-refractivity contribution is 0.298. The Morgan fingerprint density at radius 1 is 1.40 bits per heavy atom. The van der Waals surface area contributed by atoms with Crippen LogP contribution in [0.4, 0.5) is 0 Å². The fraction of sp³-hybridized carbons (Fsp3) is 0.500. The lowest BCUT2D eigenvalue weighted by Crippen LogP contribution is -1.99. The molecule has 3 heteroatoms. The molecule has 0 heterocycles. The van der Waals surface area contributed by atoms with Crippen molar-refractivity contribution in [3.05, 3.63) is 27.7 Å². The lowest BCUT2D eigenvalue weighted by Gasteiger charge is -2.09. The average molecular weight is 292 g/mol. The lowest BCUT2D eigenvalue weighted by atomic mass is 10.1. The van der Waals surface area contributed by atoms with Crippen molar-refractivity contribution in [2.24, 2.45) is 5.92 Å². The zero-order valence-corrected chi connectivity index (χ0v) is 11.4. The molecule has 0 amide bonds.